The number of aromatic nitrogens is 2. The van der Waals surface area contributed by atoms with Crippen molar-refractivity contribution in [3.05, 3.63) is 98.1 Å². The number of hydrogen-bond donors (Lipinski definition) is 3. The van der Waals surface area contributed by atoms with Gasteiger partial charge in [0.15, 0.2) is 0 Å². The molecule has 4 aromatic rings. The Balaban J connectivity index is 1.34. The fraction of sp³-hybridized carbons (Fsp3) is 0.429. The van der Waals surface area contributed by atoms with Gasteiger partial charge >= 0.3 is 0 Å². The summed E-state index contributed by atoms with van der Waals surface area (Å²) in [5.41, 5.74) is 5.37. The number of halogens is 1. The highest BCUT2D eigenvalue weighted by Crippen LogP contribution is 2.41. The van der Waals surface area contributed by atoms with E-state index in [9.17, 15) is 24.0 Å². The Kier molecular flexibility index (Phi) is 14.0. The third-order valence-electron chi connectivity index (χ3n) is 10.3. The summed E-state index contributed by atoms with van der Waals surface area (Å²) >= 11 is 0. The van der Waals surface area contributed by atoms with Crippen molar-refractivity contribution in [1.82, 2.24) is 25.5 Å². The summed E-state index contributed by atoms with van der Waals surface area (Å²) in [6.45, 7) is 7.38. The van der Waals surface area contributed by atoms with Crippen LogP contribution < -0.4 is 21.5 Å². The Bertz CT molecular complexity index is 2100. The van der Waals surface area contributed by atoms with Crippen molar-refractivity contribution in [3.8, 4) is 11.4 Å². The van der Waals surface area contributed by atoms with Crippen LogP contribution in [-0.2, 0) is 54.6 Å². The molecule has 3 amide bonds. The number of hydrogen-bond acceptors (Lipinski definition) is 8. The first-order chi connectivity index (χ1) is 26.5. The van der Waals surface area contributed by atoms with Crippen LogP contribution in [0.15, 0.2) is 53.3 Å². The van der Waals surface area contributed by atoms with E-state index in [1.54, 1.807) is 18.4 Å². The maximum atomic E-state index is 15.3. The van der Waals surface area contributed by atoms with E-state index in [0.29, 0.717) is 59.4 Å². The third kappa shape index (κ3) is 9.34. The van der Waals surface area contributed by atoms with E-state index in [1.165, 1.54) is 13.2 Å². The average molecular weight is 756 g/mol. The zero-order valence-electron chi connectivity index (χ0n) is 32.1. The van der Waals surface area contributed by atoms with Crippen molar-refractivity contribution in [3.63, 3.8) is 0 Å². The molecule has 3 unspecified atom stereocenters. The van der Waals surface area contributed by atoms with Crippen LogP contribution in [0.4, 0.5) is 4.39 Å². The average Bonchev–Trinajstić information content (AvgIpc) is 3.19. The normalized spacial score (nSPS) is 14.6. The number of aldehydes is 1. The molecule has 292 valence electrons. The molecule has 1 aliphatic carbocycles. The SMILES string of the molecule is CCC(=O)NC(Cc1ccccc1)C(=O)NCC(=O)NCOCC1CCc2c(C)c(F)cc3nc(-c4cc(C(C=O)CC)c(COC)c(=O)n4CC)cc1c23. The van der Waals surface area contributed by atoms with Gasteiger partial charge in [0, 0.05) is 55.3 Å². The fourth-order valence-corrected chi connectivity index (χ4v) is 7.28. The molecule has 2 aromatic carbocycles. The first-order valence-corrected chi connectivity index (χ1v) is 18.8. The van der Waals surface area contributed by atoms with Gasteiger partial charge in [0.25, 0.3) is 5.56 Å². The molecule has 3 atom stereocenters. The summed E-state index contributed by atoms with van der Waals surface area (Å²) in [7, 11) is 1.50. The Hall–Kier alpha value is -5.27. The van der Waals surface area contributed by atoms with Crippen LogP contribution in [0, 0.1) is 12.7 Å². The summed E-state index contributed by atoms with van der Waals surface area (Å²) < 4.78 is 28.2. The van der Waals surface area contributed by atoms with Crippen LogP contribution in [0.2, 0.25) is 0 Å². The maximum Gasteiger partial charge on any atom is 0.256 e. The summed E-state index contributed by atoms with van der Waals surface area (Å²) in [6.07, 6.45) is 3.08. The van der Waals surface area contributed by atoms with E-state index in [2.05, 4.69) is 16.0 Å². The number of benzene rings is 2. The van der Waals surface area contributed by atoms with Gasteiger partial charge in [0.1, 0.15) is 24.9 Å². The van der Waals surface area contributed by atoms with Gasteiger partial charge in [-0.25, -0.2) is 9.37 Å². The minimum atomic E-state index is -0.840. The highest BCUT2D eigenvalue weighted by Gasteiger charge is 2.28. The molecule has 5 rings (SSSR count). The van der Waals surface area contributed by atoms with E-state index >= 15 is 4.39 Å². The smallest absolute Gasteiger partial charge is 0.256 e. The first-order valence-electron chi connectivity index (χ1n) is 18.8. The van der Waals surface area contributed by atoms with Gasteiger partial charge in [0.05, 0.1) is 36.7 Å². The van der Waals surface area contributed by atoms with Crippen molar-refractivity contribution in [2.45, 2.75) is 90.8 Å². The lowest BCUT2D eigenvalue weighted by Crippen LogP contribution is -2.50. The van der Waals surface area contributed by atoms with E-state index < -0.39 is 23.8 Å². The molecule has 0 fully saturated rings. The quantitative estimate of drug-likeness (QED) is 0.0747. The van der Waals surface area contributed by atoms with Gasteiger partial charge < -0.3 is 34.8 Å². The first kappa shape index (κ1) is 40.9. The van der Waals surface area contributed by atoms with Crippen molar-refractivity contribution in [1.29, 1.82) is 0 Å². The summed E-state index contributed by atoms with van der Waals surface area (Å²) in [5, 5.41) is 8.86. The second-order valence-corrected chi connectivity index (χ2v) is 13.8. The molecule has 0 saturated carbocycles. The zero-order valence-corrected chi connectivity index (χ0v) is 32.1. The summed E-state index contributed by atoms with van der Waals surface area (Å²) in [5.74, 6) is -2.24. The van der Waals surface area contributed by atoms with Crippen molar-refractivity contribution < 1.29 is 33.0 Å². The topological polar surface area (TPSA) is 158 Å². The molecule has 0 spiro atoms. The van der Waals surface area contributed by atoms with Gasteiger partial charge in [-0.15, -0.1) is 0 Å². The molecule has 0 aliphatic heterocycles. The Labute approximate surface area is 320 Å². The number of nitrogens with zero attached hydrogens (tertiary/aromatic N) is 2. The molecule has 12 nitrogen and oxygen atoms in total. The van der Waals surface area contributed by atoms with Crippen molar-refractivity contribution in [2.75, 3.05) is 27.0 Å². The van der Waals surface area contributed by atoms with Crippen LogP contribution in [0.25, 0.3) is 22.3 Å². The predicted octanol–water partition coefficient (Wildman–Crippen LogP) is 4.74. The molecular weight excluding hydrogens is 705 g/mol. The van der Waals surface area contributed by atoms with Crippen LogP contribution in [0.1, 0.15) is 85.3 Å². The zero-order chi connectivity index (χ0) is 39.6. The summed E-state index contributed by atoms with van der Waals surface area (Å²) in [4.78, 5) is 68.7. The second-order valence-electron chi connectivity index (χ2n) is 13.8. The van der Waals surface area contributed by atoms with E-state index in [4.69, 9.17) is 14.5 Å². The molecular formula is C42H50FN5O7. The molecule has 3 N–H and O–H groups in total. The number of aryl methyl sites for hydroxylation is 1. The number of nitrogens with one attached hydrogen (secondary N) is 3. The van der Waals surface area contributed by atoms with Crippen LogP contribution in [-0.4, -0.2) is 66.6 Å². The molecule has 2 heterocycles. The molecule has 0 saturated heterocycles. The van der Waals surface area contributed by atoms with E-state index in [0.717, 1.165) is 28.4 Å². The maximum absolute atomic E-state index is 15.3. The van der Waals surface area contributed by atoms with Crippen LogP contribution in [0.3, 0.4) is 0 Å². The van der Waals surface area contributed by atoms with Crippen LogP contribution in [0.5, 0.6) is 0 Å². The number of methoxy groups -OCH3 is 1. The monoisotopic (exact) mass is 755 g/mol. The van der Waals surface area contributed by atoms with Gasteiger partial charge in [-0.2, -0.15) is 0 Å². The van der Waals surface area contributed by atoms with Gasteiger partial charge in [-0.05, 0) is 73.1 Å². The molecule has 2 aromatic heterocycles. The highest BCUT2D eigenvalue weighted by atomic mass is 19.1. The number of carbonyl (C=O) groups is 4. The van der Waals surface area contributed by atoms with Crippen molar-refractivity contribution >= 4 is 34.9 Å². The Morgan fingerprint density at radius 3 is 2.51 bits per heavy atom. The van der Waals surface area contributed by atoms with E-state index in [-0.39, 0.29) is 62.5 Å². The lowest BCUT2D eigenvalue weighted by Gasteiger charge is -2.28. The summed E-state index contributed by atoms with van der Waals surface area (Å²) in [6, 6.07) is 13.6. The Morgan fingerprint density at radius 2 is 1.84 bits per heavy atom. The minimum absolute atomic E-state index is 0.0529. The Morgan fingerprint density at radius 1 is 1.07 bits per heavy atom. The van der Waals surface area contributed by atoms with E-state index in [1.807, 2.05) is 56.3 Å². The molecule has 55 heavy (non-hydrogen) atoms. The fourth-order valence-electron chi connectivity index (χ4n) is 7.28. The molecule has 13 heteroatoms. The van der Waals surface area contributed by atoms with Gasteiger partial charge in [-0.3, -0.25) is 19.2 Å². The van der Waals surface area contributed by atoms with Gasteiger partial charge in [-0.1, -0.05) is 44.2 Å². The second kappa shape index (κ2) is 18.9. The third-order valence-corrected chi connectivity index (χ3v) is 10.3. The van der Waals surface area contributed by atoms with Gasteiger partial charge in [0.2, 0.25) is 17.7 Å². The number of amides is 3. The molecule has 0 radical (unpaired) electrons. The predicted molar refractivity (Wildman–Crippen MR) is 207 cm³/mol. The highest BCUT2D eigenvalue weighted by molar-refractivity contribution is 5.91. The molecule has 0 bridgehead atoms. The number of pyridine rings is 2. The number of carbonyl (C=O) groups excluding carboxylic acids is 4. The number of ether oxygens (including phenoxy) is 2. The largest absolute Gasteiger partial charge is 0.380 e. The lowest BCUT2D eigenvalue weighted by atomic mass is 9.80. The standard InChI is InChI=1S/C42H50FN5O7/c1-6-27(21-49)30-18-37(48(8-3)42(53)32(30)23-54-5)34-17-31-28(14-15-29-25(4)33(43)19-35(46-34)40(29)31)22-55-24-45-39(51)20-44-41(52)36(47-38(50)7-2)16-26-12-10-9-11-13-26/h9-13,17-19,21,27-28,36H,6-8,14-16,20,22-24H2,1-5H3,(H,44,52)(H,45,51)(H,47,50). The minimum Gasteiger partial charge on any atom is -0.380 e. The molecule has 1 aliphatic rings. The van der Waals surface area contributed by atoms with Crippen LogP contribution >= 0.6 is 0 Å². The number of rotatable bonds is 18. The lowest BCUT2D eigenvalue weighted by molar-refractivity contribution is -0.130. The van der Waals surface area contributed by atoms with Crippen molar-refractivity contribution in [2.24, 2.45) is 0 Å².